The number of hydrogen-bond donors (Lipinski definition) is 0. The Balaban J connectivity index is 1.72. The molecular weight excluding hydrogens is 328 g/mol. The Hall–Kier alpha value is -1.85. The zero-order chi connectivity index (χ0) is 19.1. The van der Waals surface area contributed by atoms with Gasteiger partial charge in [0.05, 0.1) is 0 Å². The molecule has 3 rings (SSSR count). The van der Waals surface area contributed by atoms with Crippen LogP contribution in [0, 0.1) is 6.92 Å². The van der Waals surface area contributed by atoms with Gasteiger partial charge in [-0.15, -0.1) is 0 Å². The lowest BCUT2D eigenvalue weighted by Crippen LogP contribution is -2.53. The van der Waals surface area contributed by atoms with Gasteiger partial charge in [0.25, 0.3) is 0 Å². The molecule has 144 valence electrons. The maximum absolute atomic E-state index is 12.6. The molecule has 1 aromatic heterocycles. The molecule has 0 aromatic carbocycles. The van der Waals surface area contributed by atoms with Crippen molar-refractivity contribution in [3.8, 4) is 0 Å². The molecule has 0 radical (unpaired) electrons. The lowest BCUT2D eigenvalue weighted by atomic mass is 9.96. The molecule has 0 spiro atoms. The van der Waals surface area contributed by atoms with Crippen molar-refractivity contribution in [1.82, 2.24) is 14.9 Å². The van der Waals surface area contributed by atoms with Gasteiger partial charge in [-0.05, 0) is 59.8 Å². The van der Waals surface area contributed by atoms with Crippen molar-refractivity contribution in [2.75, 3.05) is 11.9 Å². The maximum Gasteiger partial charge on any atom is 0.410 e. The highest BCUT2D eigenvalue weighted by Gasteiger charge is 2.45. The van der Waals surface area contributed by atoms with Gasteiger partial charge in [-0.25, -0.2) is 14.8 Å². The van der Waals surface area contributed by atoms with Crippen LogP contribution < -0.4 is 4.90 Å². The lowest BCUT2D eigenvalue weighted by Gasteiger charge is -2.42. The average molecular weight is 361 g/mol. The van der Waals surface area contributed by atoms with Gasteiger partial charge in [0.15, 0.2) is 0 Å². The number of carbonyl (C=O) groups excluding carboxylic acids is 1. The number of aryl methyl sites for hydroxylation is 2. The van der Waals surface area contributed by atoms with E-state index in [1.807, 2.05) is 32.6 Å². The Labute approximate surface area is 156 Å². The molecule has 6 heteroatoms. The van der Waals surface area contributed by atoms with Crippen LogP contribution in [0.2, 0.25) is 0 Å². The SMILES string of the molecule is CCc1cc(N(C)C2CC3CCC(C2)N3C(=O)OC(C)(C)C)nc(C)n1. The summed E-state index contributed by atoms with van der Waals surface area (Å²) in [5, 5.41) is 0. The third-order valence-corrected chi connectivity index (χ3v) is 5.46. The van der Waals surface area contributed by atoms with E-state index < -0.39 is 5.60 Å². The van der Waals surface area contributed by atoms with Crippen LogP contribution in [0.3, 0.4) is 0 Å². The maximum atomic E-state index is 12.6. The van der Waals surface area contributed by atoms with Gasteiger partial charge in [-0.2, -0.15) is 0 Å². The zero-order valence-corrected chi connectivity index (χ0v) is 17.0. The van der Waals surface area contributed by atoms with E-state index in [1.165, 1.54) is 0 Å². The van der Waals surface area contributed by atoms with Crippen LogP contribution in [0.1, 0.15) is 64.9 Å². The van der Waals surface area contributed by atoms with E-state index in [1.54, 1.807) is 0 Å². The highest BCUT2D eigenvalue weighted by atomic mass is 16.6. The molecule has 1 amide bonds. The van der Waals surface area contributed by atoms with E-state index in [4.69, 9.17) is 4.74 Å². The summed E-state index contributed by atoms with van der Waals surface area (Å²) in [4.78, 5) is 26.0. The number of nitrogens with zero attached hydrogens (tertiary/aromatic N) is 4. The van der Waals surface area contributed by atoms with Crippen molar-refractivity contribution in [3.05, 3.63) is 17.6 Å². The fraction of sp³-hybridized carbons (Fsp3) is 0.750. The molecular formula is C20H32N4O2. The van der Waals surface area contributed by atoms with Gasteiger partial charge < -0.3 is 14.5 Å². The van der Waals surface area contributed by atoms with Gasteiger partial charge in [0, 0.05) is 36.9 Å². The Morgan fingerprint density at radius 2 is 1.88 bits per heavy atom. The minimum atomic E-state index is -0.445. The lowest BCUT2D eigenvalue weighted by molar-refractivity contribution is 0.00597. The summed E-state index contributed by atoms with van der Waals surface area (Å²) in [6.07, 6.45) is 4.83. The molecule has 1 aromatic rings. The van der Waals surface area contributed by atoms with Crippen LogP contribution in [0.4, 0.5) is 10.6 Å². The Morgan fingerprint density at radius 1 is 1.27 bits per heavy atom. The molecule has 2 unspecified atom stereocenters. The minimum absolute atomic E-state index is 0.155. The van der Waals surface area contributed by atoms with Crippen molar-refractivity contribution < 1.29 is 9.53 Å². The number of ether oxygens (including phenoxy) is 1. The molecule has 2 aliphatic rings. The molecule has 26 heavy (non-hydrogen) atoms. The fourth-order valence-corrected chi connectivity index (χ4v) is 4.24. The van der Waals surface area contributed by atoms with Crippen LogP contribution in [-0.2, 0) is 11.2 Å². The van der Waals surface area contributed by atoms with Gasteiger partial charge in [-0.1, -0.05) is 6.92 Å². The second-order valence-corrected chi connectivity index (χ2v) is 8.63. The highest BCUT2D eigenvalue weighted by molar-refractivity contribution is 5.69. The number of anilines is 1. The molecule has 2 aliphatic heterocycles. The quantitative estimate of drug-likeness (QED) is 0.822. The number of piperidine rings is 1. The first-order chi connectivity index (χ1) is 12.2. The Kier molecular flexibility index (Phi) is 5.13. The number of aromatic nitrogens is 2. The number of fused-ring (bicyclic) bond motifs is 2. The van der Waals surface area contributed by atoms with Crippen LogP contribution in [0.5, 0.6) is 0 Å². The summed E-state index contributed by atoms with van der Waals surface area (Å²) in [7, 11) is 2.12. The smallest absolute Gasteiger partial charge is 0.410 e. The van der Waals surface area contributed by atoms with Crippen LogP contribution in [0.15, 0.2) is 6.07 Å². The Morgan fingerprint density at radius 3 is 2.42 bits per heavy atom. The predicted octanol–water partition coefficient (Wildman–Crippen LogP) is 3.71. The van der Waals surface area contributed by atoms with Crippen molar-refractivity contribution in [1.29, 1.82) is 0 Å². The average Bonchev–Trinajstić information content (AvgIpc) is 2.82. The summed E-state index contributed by atoms with van der Waals surface area (Å²) >= 11 is 0. The molecule has 2 fully saturated rings. The van der Waals surface area contributed by atoms with Gasteiger partial charge in [0.2, 0.25) is 0 Å². The van der Waals surface area contributed by atoms with Crippen LogP contribution in [-0.4, -0.2) is 51.7 Å². The van der Waals surface area contributed by atoms with Crippen molar-refractivity contribution in [2.45, 2.75) is 90.4 Å². The third kappa shape index (κ3) is 3.94. The summed E-state index contributed by atoms with van der Waals surface area (Å²) in [6.45, 7) is 9.85. The van der Waals surface area contributed by atoms with Crippen molar-refractivity contribution in [3.63, 3.8) is 0 Å². The topological polar surface area (TPSA) is 58.6 Å². The normalized spacial score (nSPS) is 25.3. The molecule has 2 saturated heterocycles. The fourth-order valence-electron chi connectivity index (χ4n) is 4.24. The molecule has 6 nitrogen and oxygen atoms in total. The number of amides is 1. The summed E-state index contributed by atoms with van der Waals surface area (Å²) < 4.78 is 5.64. The summed E-state index contributed by atoms with van der Waals surface area (Å²) in [5.74, 6) is 1.81. The molecule has 0 aliphatic carbocycles. The standard InChI is InChI=1S/C20H32N4O2/c1-7-14-10-18(22-13(2)21-14)23(6)17-11-15-8-9-16(12-17)24(15)19(25)26-20(3,4)5/h10,15-17H,7-9,11-12H2,1-6H3. The van der Waals surface area contributed by atoms with Gasteiger partial charge >= 0.3 is 6.09 Å². The predicted molar refractivity (Wildman–Crippen MR) is 102 cm³/mol. The van der Waals surface area contributed by atoms with E-state index in [-0.39, 0.29) is 18.2 Å². The minimum Gasteiger partial charge on any atom is -0.444 e. The van der Waals surface area contributed by atoms with E-state index in [9.17, 15) is 4.79 Å². The van der Waals surface area contributed by atoms with E-state index >= 15 is 0 Å². The number of rotatable bonds is 3. The first-order valence-electron chi connectivity index (χ1n) is 9.76. The van der Waals surface area contributed by atoms with E-state index in [0.717, 1.165) is 49.4 Å². The third-order valence-electron chi connectivity index (χ3n) is 5.46. The highest BCUT2D eigenvalue weighted by Crippen LogP contribution is 2.39. The first kappa shape index (κ1) is 18.9. The van der Waals surface area contributed by atoms with Gasteiger partial charge in [-0.3, -0.25) is 0 Å². The molecule has 0 saturated carbocycles. The second-order valence-electron chi connectivity index (χ2n) is 8.63. The monoisotopic (exact) mass is 360 g/mol. The van der Waals surface area contributed by atoms with E-state index in [0.29, 0.717) is 6.04 Å². The number of hydrogen-bond acceptors (Lipinski definition) is 5. The largest absolute Gasteiger partial charge is 0.444 e. The van der Waals surface area contributed by atoms with Crippen LogP contribution in [0.25, 0.3) is 0 Å². The molecule has 0 N–H and O–H groups in total. The van der Waals surface area contributed by atoms with E-state index in [2.05, 4.69) is 34.9 Å². The van der Waals surface area contributed by atoms with Crippen LogP contribution >= 0.6 is 0 Å². The molecule has 3 heterocycles. The summed E-state index contributed by atoms with van der Waals surface area (Å²) in [5.41, 5.74) is 0.632. The zero-order valence-electron chi connectivity index (χ0n) is 17.0. The molecule has 2 atom stereocenters. The van der Waals surface area contributed by atoms with Gasteiger partial charge in [0.1, 0.15) is 17.2 Å². The van der Waals surface area contributed by atoms with Crippen molar-refractivity contribution >= 4 is 11.9 Å². The second kappa shape index (κ2) is 7.05. The van der Waals surface area contributed by atoms with Crippen molar-refractivity contribution in [2.24, 2.45) is 0 Å². The Bertz CT molecular complexity index is 656. The first-order valence-corrected chi connectivity index (χ1v) is 9.76. The summed E-state index contributed by atoms with van der Waals surface area (Å²) in [6, 6.07) is 3.02. The molecule has 2 bridgehead atoms. The number of carbonyl (C=O) groups is 1.